The highest BCUT2D eigenvalue weighted by Gasteiger charge is 2.26. The van der Waals surface area contributed by atoms with Crippen molar-refractivity contribution in [1.82, 2.24) is 14.7 Å². The molecule has 3 N–H and O–H groups in total. The van der Waals surface area contributed by atoms with E-state index in [1.54, 1.807) is 12.4 Å². The molecule has 0 spiro atoms. The molecule has 0 radical (unpaired) electrons. The molecular formula is C9H15N3O4S. The fourth-order valence-electron chi connectivity index (χ4n) is 1.16. The minimum absolute atomic E-state index is 0.195. The fourth-order valence-corrected chi connectivity index (χ4v) is 2.11. The van der Waals surface area contributed by atoms with Gasteiger partial charge in [0.15, 0.2) is 5.25 Å². The average Bonchev–Trinajstić information content (AvgIpc) is 2.76. The molecule has 1 atom stereocenters. The molecule has 0 aliphatic rings. The van der Waals surface area contributed by atoms with E-state index in [9.17, 15) is 13.2 Å². The molecule has 0 aromatic carbocycles. The molecular weight excluding hydrogens is 246 g/mol. The lowest BCUT2D eigenvalue weighted by Crippen LogP contribution is -2.38. The molecule has 96 valence electrons. The highest BCUT2D eigenvalue weighted by atomic mass is 32.2. The number of H-pyrrole nitrogens is 1. The Kier molecular flexibility index (Phi) is 4.64. The lowest BCUT2D eigenvalue weighted by molar-refractivity contribution is -0.136. The summed E-state index contributed by atoms with van der Waals surface area (Å²) in [6.07, 6.45) is 4.47. The van der Waals surface area contributed by atoms with Gasteiger partial charge in [-0.05, 0) is 13.3 Å². The first-order valence-corrected chi connectivity index (χ1v) is 6.67. The molecule has 8 heteroatoms. The van der Waals surface area contributed by atoms with E-state index >= 15 is 0 Å². The lowest BCUT2D eigenvalue weighted by Gasteiger charge is -2.09. The Morgan fingerprint density at radius 2 is 2.35 bits per heavy atom. The number of carboxylic acids is 1. The number of sulfonamides is 1. The van der Waals surface area contributed by atoms with Gasteiger partial charge in [0.1, 0.15) is 5.82 Å². The predicted octanol–water partition coefficient (Wildman–Crippen LogP) is -0.265. The number of aliphatic carboxylic acids is 1. The fraction of sp³-hybridized carbons (Fsp3) is 0.556. The molecule has 0 saturated carbocycles. The molecule has 17 heavy (non-hydrogen) atoms. The Balaban J connectivity index is 2.33. The first kappa shape index (κ1) is 13.7. The van der Waals surface area contributed by atoms with Crippen LogP contribution >= 0.6 is 0 Å². The molecule has 0 aliphatic carbocycles. The van der Waals surface area contributed by atoms with E-state index in [-0.39, 0.29) is 6.54 Å². The second-order valence-corrected chi connectivity index (χ2v) is 5.65. The summed E-state index contributed by atoms with van der Waals surface area (Å²) in [5, 5.41) is 7.15. The number of nitrogens with zero attached hydrogens (tertiary/aromatic N) is 1. The van der Waals surface area contributed by atoms with Crippen LogP contribution < -0.4 is 4.72 Å². The van der Waals surface area contributed by atoms with Crippen LogP contribution in [-0.2, 0) is 21.2 Å². The molecule has 1 aromatic rings. The zero-order valence-electron chi connectivity index (χ0n) is 9.38. The van der Waals surface area contributed by atoms with Crippen molar-refractivity contribution in [2.45, 2.75) is 25.0 Å². The zero-order valence-corrected chi connectivity index (χ0v) is 10.2. The molecule has 1 unspecified atom stereocenters. The van der Waals surface area contributed by atoms with Crippen LogP contribution in [0.3, 0.4) is 0 Å². The van der Waals surface area contributed by atoms with Crippen molar-refractivity contribution in [3.05, 3.63) is 18.2 Å². The summed E-state index contributed by atoms with van der Waals surface area (Å²) in [5.74, 6) is -0.584. The normalized spacial score (nSPS) is 13.5. The second-order valence-electron chi connectivity index (χ2n) is 3.56. The van der Waals surface area contributed by atoms with Gasteiger partial charge >= 0.3 is 5.97 Å². The van der Waals surface area contributed by atoms with Crippen molar-refractivity contribution in [1.29, 1.82) is 0 Å². The van der Waals surface area contributed by atoms with Gasteiger partial charge in [-0.2, -0.15) is 0 Å². The Labute approximate surface area is 99.3 Å². The number of hydrogen-bond donors (Lipinski definition) is 3. The first-order chi connectivity index (χ1) is 7.93. The van der Waals surface area contributed by atoms with Gasteiger partial charge in [0.25, 0.3) is 0 Å². The summed E-state index contributed by atoms with van der Waals surface area (Å²) in [6, 6.07) is 0. The maximum Gasteiger partial charge on any atom is 0.323 e. The van der Waals surface area contributed by atoms with Crippen molar-refractivity contribution in [2.75, 3.05) is 6.54 Å². The van der Waals surface area contributed by atoms with Gasteiger partial charge in [0.05, 0.1) is 0 Å². The first-order valence-electron chi connectivity index (χ1n) is 5.13. The number of nitrogens with one attached hydrogen (secondary N) is 2. The van der Waals surface area contributed by atoms with E-state index in [0.717, 1.165) is 12.7 Å². The molecule has 0 aliphatic heterocycles. The molecule has 0 amide bonds. The summed E-state index contributed by atoms with van der Waals surface area (Å²) < 4.78 is 25.1. The van der Waals surface area contributed by atoms with Gasteiger partial charge in [-0.3, -0.25) is 4.79 Å². The van der Waals surface area contributed by atoms with Crippen LogP contribution in [0.15, 0.2) is 12.4 Å². The van der Waals surface area contributed by atoms with E-state index in [4.69, 9.17) is 5.11 Å². The van der Waals surface area contributed by atoms with Gasteiger partial charge in [-0.25, -0.2) is 18.1 Å². The van der Waals surface area contributed by atoms with Crippen LogP contribution in [-0.4, -0.2) is 41.3 Å². The molecule has 0 bridgehead atoms. The van der Waals surface area contributed by atoms with Gasteiger partial charge < -0.3 is 10.1 Å². The Hall–Kier alpha value is -1.41. The molecule has 0 fully saturated rings. The van der Waals surface area contributed by atoms with Gasteiger partial charge in [-0.1, -0.05) is 0 Å². The zero-order chi connectivity index (χ0) is 12.9. The van der Waals surface area contributed by atoms with Gasteiger partial charge in [-0.15, -0.1) is 0 Å². The van der Waals surface area contributed by atoms with E-state index in [1.165, 1.54) is 0 Å². The highest BCUT2D eigenvalue weighted by Crippen LogP contribution is 1.99. The highest BCUT2D eigenvalue weighted by molar-refractivity contribution is 7.90. The monoisotopic (exact) mass is 261 g/mol. The van der Waals surface area contributed by atoms with Gasteiger partial charge in [0.2, 0.25) is 10.0 Å². The smallest absolute Gasteiger partial charge is 0.323 e. The molecule has 1 heterocycles. The maximum atomic E-state index is 11.4. The number of rotatable bonds is 7. The topological polar surface area (TPSA) is 112 Å². The van der Waals surface area contributed by atoms with E-state index in [0.29, 0.717) is 12.8 Å². The molecule has 7 nitrogen and oxygen atoms in total. The van der Waals surface area contributed by atoms with Crippen molar-refractivity contribution < 1.29 is 18.3 Å². The summed E-state index contributed by atoms with van der Waals surface area (Å²) in [4.78, 5) is 17.4. The van der Waals surface area contributed by atoms with E-state index in [2.05, 4.69) is 14.7 Å². The summed E-state index contributed by atoms with van der Waals surface area (Å²) >= 11 is 0. The minimum atomic E-state index is -3.78. The second kappa shape index (κ2) is 5.78. The number of aromatic amines is 1. The Morgan fingerprint density at radius 1 is 1.65 bits per heavy atom. The van der Waals surface area contributed by atoms with Crippen LogP contribution in [0.25, 0.3) is 0 Å². The van der Waals surface area contributed by atoms with Crippen LogP contribution in [0.5, 0.6) is 0 Å². The minimum Gasteiger partial charge on any atom is -0.480 e. The van der Waals surface area contributed by atoms with Gasteiger partial charge in [0, 0.05) is 25.4 Å². The third kappa shape index (κ3) is 4.16. The van der Waals surface area contributed by atoms with Crippen LogP contribution in [0, 0.1) is 0 Å². The van der Waals surface area contributed by atoms with E-state index < -0.39 is 21.2 Å². The number of aromatic nitrogens is 2. The van der Waals surface area contributed by atoms with Crippen molar-refractivity contribution in [3.8, 4) is 0 Å². The summed E-state index contributed by atoms with van der Waals surface area (Å²) in [6.45, 7) is 1.33. The van der Waals surface area contributed by atoms with Crippen LogP contribution in [0.1, 0.15) is 19.2 Å². The van der Waals surface area contributed by atoms with E-state index in [1.807, 2.05) is 0 Å². The van der Waals surface area contributed by atoms with Crippen molar-refractivity contribution in [2.24, 2.45) is 0 Å². The third-order valence-electron chi connectivity index (χ3n) is 2.26. The number of carbonyl (C=O) groups is 1. The number of carboxylic acid groups (broad SMARTS) is 1. The third-order valence-corrected chi connectivity index (χ3v) is 4.00. The van der Waals surface area contributed by atoms with Crippen molar-refractivity contribution >= 4 is 16.0 Å². The molecule has 1 aromatic heterocycles. The maximum absolute atomic E-state index is 11.4. The molecule has 1 rings (SSSR count). The SMILES string of the molecule is CC(C(=O)O)S(=O)(=O)NCCCc1ncc[nH]1. The largest absolute Gasteiger partial charge is 0.480 e. The number of aryl methyl sites for hydroxylation is 1. The quantitative estimate of drug-likeness (QED) is 0.585. The number of hydrogen-bond acceptors (Lipinski definition) is 4. The Morgan fingerprint density at radius 3 is 2.88 bits per heavy atom. The summed E-state index contributed by atoms with van der Waals surface area (Å²) in [5.41, 5.74) is 0. The number of imidazole rings is 1. The van der Waals surface area contributed by atoms with Crippen LogP contribution in [0.2, 0.25) is 0 Å². The van der Waals surface area contributed by atoms with Crippen molar-refractivity contribution in [3.63, 3.8) is 0 Å². The average molecular weight is 261 g/mol. The predicted molar refractivity (Wildman–Crippen MR) is 60.9 cm³/mol. The Bertz CT molecular complexity index is 455. The standard InChI is InChI=1S/C9H15N3O4S/c1-7(9(13)14)17(15,16)12-4-2-3-8-10-5-6-11-8/h5-7,12H,2-4H2,1H3,(H,10,11)(H,13,14). The van der Waals surface area contributed by atoms with Crippen LogP contribution in [0.4, 0.5) is 0 Å². The summed E-state index contributed by atoms with van der Waals surface area (Å²) in [7, 11) is -3.78. The molecule has 0 saturated heterocycles. The lowest BCUT2D eigenvalue weighted by atomic mass is 10.3.